The molecular formula is C24H26ClN3O2. The van der Waals surface area contributed by atoms with Crippen LogP contribution in [0, 0.1) is 0 Å². The molecule has 1 aliphatic rings. The zero-order chi connectivity index (χ0) is 20.8. The van der Waals surface area contributed by atoms with Gasteiger partial charge in [-0.05, 0) is 54.8 Å². The zero-order valence-electron chi connectivity index (χ0n) is 16.8. The molecule has 0 saturated carbocycles. The Hall–Kier alpha value is -2.76. The summed E-state index contributed by atoms with van der Waals surface area (Å²) in [6.07, 6.45) is 6.19. The number of aromatic nitrogens is 1. The minimum atomic E-state index is -0.0895. The molecule has 0 spiro atoms. The van der Waals surface area contributed by atoms with Crippen LogP contribution in [0.1, 0.15) is 18.4 Å². The van der Waals surface area contributed by atoms with Gasteiger partial charge in [0.15, 0.2) is 6.61 Å². The molecule has 2 aromatic carbocycles. The molecule has 2 heterocycles. The third-order valence-corrected chi connectivity index (χ3v) is 5.57. The number of para-hydroxylation sites is 1. The van der Waals surface area contributed by atoms with Crippen molar-refractivity contribution in [3.05, 3.63) is 83.6 Å². The fourth-order valence-corrected chi connectivity index (χ4v) is 3.94. The summed E-state index contributed by atoms with van der Waals surface area (Å²) in [7, 11) is 0. The molecule has 1 aliphatic heterocycles. The van der Waals surface area contributed by atoms with Crippen molar-refractivity contribution >= 4 is 17.5 Å². The number of hydrogen-bond donors (Lipinski definition) is 1. The molecule has 0 radical (unpaired) electrons. The Labute approximate surface area is 182 Å². The normalized spacial score (nSPS) is 15.1. The van der Waals surface area contributed by atoms with E-state index in [0.717, 1.165) is 32.5 Å². The molecule has 1 fully saturated rings. The molecule has 4 rings (SSSR count). The second-order valence-electron chi connectivity index (χ2n) is 7.63. The first-order valence-electron chi connectivity index (χ1n) is 10.3. The summed E-state index contributed by atoms with van der Waals surface area (Å²) in [6, 6.07) is 19.8. The van der Waals surface area contributed by atoms with Gasteiger partial charge in [0.2, 0.25) is 0 Å². The van der Waals surface area contributed by atoms with Gasteiger partial charge in [0.05, 0.1) is 0 Å². The third kappa shape index (κ3) is 5.65. The second kappa shape index (κ2) is 9.83. The average Bonchev–Trinajstić information content (AvgIpc) is 3.23. The Kier molecular flexibility index (Phi) is 6.72. The number of nitrogens with one attached hydrogen (secondary N) is 1. The lowest BCUT2D eigenvalue weighted by Crippen LogP contribution is -2.45. The maximum atomic E-state index is 12.2. The number of carbonyl (C=O) groups excluding carboxylic acids is 1. The van der Waals surface area contributed by atoms with Crippen molar-refractivity contribution in [3.63, 3.8) is 0 Å². The zero-order valence-corrected chi connectivity index (χ0v) is 17.6. The van der Waals surface area contributed by atoms with Crippen LogP contribution in [0.3, 0.4) is 0 Å². The fourth-order valence-electron chi connectivity index (χ4n) is 3.76. The molecule has 3 aromatic rings. The Balaban J connectivity index is 1.20. The summed E-state index contributed by atoms with van der Waals surface area (Å²) < 4.78 is 7.67. The number of hydrogen-bond acceptors (Lipinski definition) is 3. The predicted octanol–water partition coefficient (Wildman–Crippen LogP) is 4.29. The first-order valence-corrected chi connectivity index (χ1v) is 10.7. The topological polar surface area (TPSA) is 46.5 Å². The summed E-state index contributed by atoms with van der Waals surface area (Å²) in [5.74, 6) is 0.517. The van der Waals surface area contributed by atoms with Crippen molar-refractivity contribution in [1.29, 1.82) is 0 Å². The molecule has 0 atom stereocenters. The van der Waals surface area contributed by atoms with Gasteiger partial charge in [0.1, 0.15) is 5.75 Å². The van der Waals surface area contributed by atoms with Gasteiger partial charge in [-0.2, -0.15) is 0 Å². The van der Waals surface area contributed by atoms with Crippen LogP contribution in [0.15, 0.2) is 73.1 Å². The number of halogens is 1. The van der Waals surface area contributed by atoms with Crippen LogP contribution < -0.4 is 10.1 Å². The third-order valence-electron chi connectivity index (χ3n) is 5.33. The smallest absolute Gasteiger partial charge is 0.258 e. The first kappa shape index (κ1) is 20.5. The minimum absolute atomic E-state index is 0.00750. The lowest BCUT2D eigenvalue weighted by Gasteiger charge is -2.32. The van der Waals surface area contributed by atoms with Crippen LogP contribution in [0.5, 0.6) is 5.75 Å². The number of carbonyl (C=O) groups is 1. The van der Waals surface area contributed by atoms with E-state index in [9.17, 15) is 4.79 Å². The molecule has 1 amide bonds. The van der Waals surface area contributed by atoms with Gasteiger partial charge in [-0.3, -0.25) is 9.69 Å². The van der Waals surface area contributed by atoms with Crippen molar-refractivity contribution < 1.29 is 9.53 Å². The van der Waals surface area contributed by atoms with Crippen LogP contribution in [-0.4, -0.2) is 41.1 Å². The lowest BCUT2D eigenvalue weighted by molar-refractivity contribution is -0.124. The minimum Gasteiger partial charge on any atom is -0.484 e. The highest BCUT2D eigenvalue weighted by molar-refractivity contribution is 6.30. The average molecular weight is 424 g/mol. The number of amides is 1. The number of benzene rings is 2. The quantitative estimate of drug-likeness (QED) is 0.616. The molecule has 0 unspecified atom stereocenters. The van der Waals surface area contributed by atoms with E-state index in [1.54, 1.807) is 24.3 Å². The summed E-state index contributed by atoms with van der Waals surface area (Å²) >= 11 is 5.93. The summed E-state index contributed by atoms with van der Waals surface area (Å²) in [5.41, 5.74) is 2.47. The van der Waals surface area contributed by atoms with E-state index in [4.69, 9.17) is 16.3 Å². The standard InChI is InChI=1S/C24H26ClN3O2/c25-20-5-4-8-23(15-20)30-18-24(29)26-21-10-12-27(13-11-21)16-19-9-14-28(17-19)22-6-2-1-3-7-22/h1-9,14-15,17,21H,10-13,16,18H2,(H,26,29). The number of rotatable bonds is 7. The Morgan fingerprint density at radius 1 is 1.07 bits per heavy atom. The number of piperidine rings is 1. The van der Waals surface area contributed by atoms with E-state index in [0.29, 0.717) is 10.8 Å². The highest BCUT2D eigenvalue weighted by Gasteiger charge is 2.21. The largest absolute Gasteiger partial charge is 0.484 e. The molecule has 5 nitrogen and oxygen atoms in total. The van der Waals surface area contributed by atoms with Crippen LogP contribution in [0.4, 0.5) is 0 Å². The molecule has 1 aromatic heterocycles. The van der Waals surface area contributed by atoms with Crippen molar-refractivity contribution in [3.8, 4) is 11.4 Å². The van der Waals surface area contributed by atoms with E-state index in [2.05, 4.69) is 45.4 Å². The molecule has 156 valence electrons. The molecule has 0 aliphatic carbocycles. The predicted molar refractivity (Wildman–Crippen MR) is 119 cm³/mol. The Morgan fingerprint density at radius 2 is 1.87 bits per heavy atom. The van der Waals surface area contributed by atoms with Crippen molar-refractivity contribution in [2.24, 2.45) is 0 Å². The van der Waals surface area contributed by atoms with E-state index < -0.39 is 0 Å². The van der Waals surface area contributed by atoms with Gasteiger partial charge >= 0.3 is 0 Å². The molecule has 6 heteroatoms. The molecule has 30 heavy (non-hydrogen) atoms. The van der Waals surface area contributed by atoms with Crippen molar-refractivity contribution in [2.75, 3.05) is 19.7 Å². The van der Waals surface area contributed by atoms with Gasteiger partial charge in [0.25, 0.3) is 5.91 Å². The molecule has 0 bridgehead atoms. The van der Waals surface area contributed by atoms with Crippen LogP contribution in [0.2, 0.25) is 5.02 Å². The highest BCUT2D eigenvalue weighted by atomic mass is 35.5. The van der Waals surface area contributed by atoms with E-state index in [1.807, 2.05) is 18.2 Å². The monoisotopic (exact) mass is 423 g/mol. The summed E-state index contributed by atoms with van der Waals surface area (Å²) in [4.78, 5) is 14.6. The van der Waals surface area contributed by atoms with Gasteiger partial charge in [-0.25, -0.2) is 0 Å². The number of likely N-dealkylation sites (tertiary alicyclic amines) is 1. The Morgan fingerprint density at radius 3 is 2.63 bits per heavy atom. The molecule has 1 saturated heterocycles. The van der Waals surface area contributed by atoms with Crippen LogP contribution >= 0.6 is 11.6 Å². The molecule has 1 N–H and O–H groups in total. The van der Waals surface area contributed by atoms with Gasteiger partial charge in [0, 0.05) is 48.8 Å². The Bertz CT molecular complexity index is 965. The summed E-state index contributed by atoms with van der Waals surface area (Å²) in [6.45, 7) is 2.87. The van der Waals surface area contributed by atoms with E-state index in [-0.39, 0.29) is 18.6 Å². The highest BCUT2D eigenvalue weighted by Crippen LogP contribution is 2.18. The maximum absolute atomic E-state index is 12.2. The van der Waals surface area contributed by atoms with Crippen LogP contribution in [-0.2, 0) is 11.3 Å². The first-order chi connectivity index (χ1) is 14.7. The maximum Gasteiger partial charge on any atom is 0.258 e. The van der Waals surface area contributed by atoms with Crippen LogP contribution in [0.25, 0.3) is 5.69 Å². The van der Waals surface area contributed by atoms with E-state index in [1.165, 1.54) is 11.3 Å². The second-order valence-corrected chi connectivity index (χ2v) is 8.06. The summed E-state index contributed by atoms with van der Waals surface area (Å²) in [5, 5.41) is 3.68. The lowest BCUT2D eigenvalue weighted by atomic mass is 10.0. The van der Waals surface area contributed by atoms with Crippen molar-refractivity contribution in [1.82, 2.24) is 14.8 Å². The van der Waals surface area contributed by atoms with Crippen molar-refractivity contribution in [2.45, 2.75) is 25.4 Å². The van der Waals surface area contributed by atoms with Gasteiger partial charge in [-0.1, -0.05) is 35.9 Å². The van der Waals surface area contributed by atoms with Gasteiger partial charge < -0.3 is 14.6 Å². The van der Waals surface area contributed by atoms with Gasteiger partial charge in [-0.15, -0.1) is 0 Å². The number of nitrogens with zero attached hydrogens (tertiary/aromatic N) is 2. The van der Waals surface area contributed by atoms with E-state index >= 15 is 0 Å². The number of ether oxygens (including phenoxy) is 1. The fraction of sp³-hybridized carbons (Fsp3) is 0.292. The SMILES string of the molecule is O=C(COc1cccc(Cl)c1)NC1CCN(Cc2ccn(-c3ccccc3)c2)CC1. The molecular weight excluding hydrogens is 398 g/mol.